The molecular formula is C21H13F3N2OS. The Bertz CT molecular complexity index is 1160. The van der Waals surface area contributed by atoms with Crippen molar-refractivity contribution in [2.24, 2.45) is 0 Å². The smallest absolute Gasteiger partial charge is 0.290 e. The van der Waals surface area contributed by atoms with E-state index < -0.39 is 11.9 Å². The molecule has 0 aliphatic rings. The van der Waals surface area contributed by atoms with Crippen molar-refractivity contribution in [1.82, 2.24) is 9.38 Å². The maximum Gasteiger partial charge on any atom is 0.435 e. The Balaban J connectivity index is 1.61. The summed E-state index contributed by atoms with van der Waals surface area (Å²) in [5.41, 5.74) is 1.22. The summed E-state index contributed by atoms with van der Waals surface area (Å²) in [5.74, 6) is -0.377. The number of hydrogen-bond donors (Lipinski definition) is 0. The van der Waals surface area contributed by atoms with E-state index in [1.807, 2.05) is 42.5 Å². The van der Waals surface area contributed by atoms with Crippen LogP contribution in [0, 0.1) is 0 Å². The number of imidazole rings is 1. The van der Waals surface area contributed by atoms with E-state index in [2.05, 4.69) is 4.98 Å². The summed E-state index contributed by atoms with van der Waals surface area (Å²) in [6, 6.07) is 16.6. The predicted octanol–water partition coefficient (Wildman–Crippen LogP) is 5.98. The predicted molar refractivity (Wildman–Crippen MR) is 103 cm³/mol. The molecule has 140 valence electrons. The summed E-state index contributed by atoms with van der Waals surface area (Å²) in [6.07, 6.45) is -0.774. The van der Waals surface area contributed by atoms with Crippen molar-refractivity contribution in [1.29, 1.82) is 0 Å². The highest BCUT2D eigenvalue weighted by atomic mass is 32.1. The molecule has 4 rings (SSSR count). The third-order valence-electron chi connectivity index (χ3n) is 4.24. The third kappa shape index (κ3) is 3.48. The van der Waals surface area contributed by atoms with Gasteiger partial charge in [0.1, 0.15) is 0 Å². The molecule has 7 heteroatoms. The van der Waals surface area contributed by atoms with Crippen molar-refractivity contribution in [2.75, 3.05) is 0 Å². The van der Waals surface area contributed by atoms with Crippen molar-refractivity contribution in [2.45, 2.75) is 6.18 Å². The first-order chi connectivity index (χ1) is 13.4. The SMILES string of the molecule is O=C(/C=C/c1c(C(F)(F)F)nc2sccn12)c1ccc(-c2ccccc2)cc1. The van der Waals surface area contributed by atoms with E-state index in [0.29, 0.717) is 5.56 Å². The molecule has 0 fully saturated rings. The summed E-state index contributed by atoms with van der Waals surface area (Å²) >= 11 is 1.10. The second-order valence-corrected chi connectivity index (χ2v) is 6.91. The Kier molecular flexibility index (Phi) is 4.60. The van der Waals surface area contributed by atoms with Gasteiger partial charge in [0.15, 0.2) is 16.4 Å². The summed E-state index contributed by atoms with van der Waals surface area (Å²) in [6.45, 7) is 0. The van der Waals surface area contributed by atoms with Crippen molar-refractivity contribution in [3.8, 4) is 11.1 Å². The van der Waals surface area contributed by atoms with E-state index in [1.54, 1.807) is 17.5 Å². The number of rotatable bonds is 4. The van der Waals surface area contributed by atoms with Gasteiger partial charge in [-0.05, 0) is 23.3 Å². The normalized spacial score (nSPS) is 12.1. The van der Waals surface area contributed by atoms with Crippen LogP contribution < -0.4 is 0 Å². The lowest BCUT2D eigenvalue weighted by molar-refractivity contribution is -0.140. The number of hydrogen-bond acceptors (Lipinski definition) is 3. The summed E-state index contributed by atoms with van der Waals surface area (Å²) in [4.78, 5) is 16.3. The van der Waals surface area contributed by atoms with Gasteiger partial charge < -0.3 is 0 Å². The zero-order valence-corrected chi connectivity index (χ0v) is 15.2. The van der Waals surface area contributed by atoms with Crippen LogP contribution in [-0.4, -0.2) is 15.2 Å². The number of ketones is 1. The molecule has 28 heavy (non-hydrogen) atoms. The first-order valence-electron chi connectivity index (χ1n) is 8.34. The number of alkyl halides is 3. The van der Waals surface area contributed by atoms with E-state index in [-0.39, 0.29) is 16.4 Å². The number of halogens is 3. The van der Waals surface area contributed by atoms with Crippen LogP contribution in [0.4, 0.5) is 13.2 Å². The minimum absolute atomic E-state index is 0.155. The fourth-order valence-electron chi connectivity index (χ4n) is 2.88. The molecule has 0 radical (unpaired) electrons. The van der Waals surface area contributed by atoms with Gasteiger partial charge in [0.2, 0.25) is 0 Å². The molecule has 0 unspecified atom stereocenters. The zero-order valence-electron chi connectivity index (χ0n) is 14.4. The Morgan fingerprint density at radius 3 is 2.36 bits per heavy atom. The van der Waals surface area contributed by atoms with Gasteiger partial charge >= 0.3 is 6.18 Å². The molecule has 0 spiro atoms. The van der Waals surface area contributed by atoms with Gasteiger partial charge in [0.25, 0.3) is 0 Å². The lowest BCUT2D eigenvalue weighted by Gasteiger charge is -2.04. The van der Waals surface area contributed by atoms with Crippen LogP contribution >= 0.6 is 11.3 Å². The van der Waals surface area contributed by atoms with Gasteiger partial charge in [0, 0.05) is 17.1 Å². The van der Waals surface area contributed by atoms with Gasteiger partial charge in [0.05, 0.1) is 5.69 Å². The molecule has 0 aliphatic heterocycles. The molecule has 2 aromatic carbocycles. The maximum absolute atomic E-state index is 13.2. The second kappa shape index (κ2) is 7.09. The minimum Gasteiger partial charge on any atom is -0.290 e. The van der Waals surface area contributed by atoms with Gasteiger partial charge in [-0.25, -0.2) is 4.98 Å². The number of nitrogens with zero attached hydrogens (tertiary/aromatic N) is 2. The molecule has 0 amide bonds. The molecule has 0 bridgehead atoms. The summed E-state index contributed by atoms with van der Waals surface area (Å²) in [5, 5.41) is 1.64. The van der Waals surface area contributed by atoms with E-state index in [1.165, 1.54) is 16.7 Å². The van der Waals surface area contributed by atoms with Crippen molar-refractivity contribution in [3.05, 3.63) is 89.2 Å². The maximum atomic E-state index is 13.2. The highest BCUT2D eigenvalue weighted by Gasteiger charge is 2.37. The average Bonchev–Trinajstić information content (AvgIpc) is 3.28. The average molecular weight is 398 g/mol. The second-order valence-electron chi connectivity index (χ2n) is 6.04. The molecule has 0 N–H and O–H groups in total. The van der Waals surface area contributed by atoms with E-state index >= 15 is 0 Å². The molecule has 0 saturated carbocycles. The Labute approximate surface area is 162 Å². The van der Waals surface area contributed by atoms with Crippen molar-refractivity contribution < 1.29 is 18.0 Å². The lowest BCUT2D eigenvalue weighted by atomic mass is 10.0. The van der Waals surface area contributed by atoms with Crippen LogP contribution in [-0.2, 0) is 6.18 Å². The Morgan fingerprint density at radius 2 is 1.68 bits per heavy atom. The number of aromatic nitrogens is 2. The van der Waals surface area contributed by atoms with Gasteiger partial charge in [-0.3, -0.25) is 9.20 Å². The molecule has 0 aliphatic carbocycles. The number of benzene rings is 2. The highest BCUT2D eigenvalue weighted by Crippen LogP contribution is 2.33. The monoisotopic (exact) mass is 398 g/mol. The van der Waals surface area contributed by atoms with Gasteiger partial charge in [-0.1, -0.05) is 54.6 Å². The van der Waals surface area contributed by atoms with Crippen LogP contribution in [0.25, 0.3) is 22.2 Å². The minimum atomic E-state index is -4.59. The highest BCUT2D eigenvalue weighted by molar-refractivity contribution is 7.15. The van der Waals surface area contributed by atoms with E-state index in [0.717, 1.165) is 28.5 Å². The first-order valence-corrected chi connectivity index (χ1v) is 9.22. The molecule has 3 nitrogen and oxygen atoms in total. The zero-order chi connectivity index (χ0) is 19.7. The molecular weight excluding hydrogens is 385 g/mol. The first kappa shape index (κ1) is 18.2. The number of thiazole rings is 1. The molecule has 2 aromatic heterocycles. The van der Waals surface area contributed by atoms with Gasteiger partial charge in [-0.15, -0.1) is 11.3 Å². The number of carbonyl (C=O) groups is 1. The third-order valence-corrected chi connectivity index (χ3v) is 4.99. The largest absolute Gasteiger partial charge is 0.435 e. The topological polar surface area (TPSA) is 34.4 Å². The number of fused-ring (bicyclic) bond motifs is 1. The van der Waals surface area contributed by atoms with Crippen LogP contribution in [0.1, 0.15) is 21.7 Å². The van der Waals surface area contributed by atoms with E-state index in [4.69, 9.17) is 0 Å². The van der Waals surface area contributed by atoms with Crippen LogP contribution in [0.2, 0.25) is 0 Å². The summed E-state index contributed by atoms with van der Waals surface area (Å²) in [7, 11) is 0. The Hall–Kier alpha value is -3.19. The van der Waals surface area contributed by atoms with Crippen molar-refractivity contribution >= 4 is 28.2 Å². The van der Waals surface area contributed by atoms with Crippen molar-refractivity contribution in [3.63, 3.8) is 0 Å². The molecule has 4 aromatic rings. The Morgan fingerprint density at radius 1 is 1.00 bits per heavy atom. The number of allylic oxidation sites excluding steroid dienone is 1. The van der Waals surface area contributed by atoms with Crippen LogP contribution in [0.15, 0.2) is 72.3 Å². The standard InChI is InChI=1S/C21H13F3N2OS/c22-21(23,24)19-17(26-12-13-28-20(26)25-19)10-11-18(27)16-8-6-15(7-9-16)14-4-2-1-3-5-14/h1-13H/b11-10+. The molecule has 2 heterocycles. The van der Waals surface area contributed by atoms with Crippen LogP contribution in [0.3, 0.4) is 0 Å². The molecule has 0 saturated heterocycles. The molecule has 0 atom stereocenters. The van der Waals surface area contributed by atoms with Gasteiger partial charge in [-0.2, -0.15) is 13.2 Å². The summed E-state index contributed by atoms with van der Waals surface area (Å²) < 4.78 is 41.0. The fraction of sp³-hybridized carbons (Fsp3) is 0.0476. The fourth-order valence-corrected chi connectivity index (χ4v) is 3.60. The van der Waals surface area contributed by atoms with Crippen LogP contribution in [0.5, 0.6) is 0 Å². The lowest BCUT2D eigenvalue weighted by Crippen LogP contribution is -2.08. The quantitative estimate of drug-likeness (QED) is 0.313. The number of carbonyl (C=O) groups excluding carboxylic acids is 1. The van der Waals surface area contributed by atoms with E-state index in [9.17, 15) is 18.0 Å².